The van der Waals surface area contributed by atoms with Crippen molar-refractivity contribution in [2.75, 3.05) is 5.43 Å². The summed E-state index contributed by atoms with van der Waals surface area (Å²) < 4.78 is 0. The zero-order valence-corrected chi connectivity index (χ0v) is 10.6. The van der Waals surface area contributed by atoms with Crippen LogP contribution < -0.4 is 16.6 Å². The molecule has 1 aromatic carbocycles. The van der Waals surface area contributed by atoms with Crippen LogP contribution >= 0.6 is 0 Å². The monoisotopic (exact) mass is 232 g/mol. The fourth-order valence-corrected chi connectivity index (χ4v) is 1.27. The predicted octanol–water partition coefficient (Wildman–Crippen LogP) is 2.40. The molecule has 0 radical (unpaired) electrons. The number of nitrogens with one attached hydrogen (secondary N) is 3. The Balaban J connectivity index is 2.61. The Morgan fingerprint density at radius 3 is 2.24 bits per heavy atom. The first-order chi connectivity index (χ1) is 8.04. The molecule has 0 saturated heterocycles. The van der Waals surface area contributed by atoms with Gasteiger partial charge in [0.05, 0.1) is 5.69 Å². The Kier molecular flexibility index (Phi) is 4.72. The molecule has 92 valence electrons. The first-order valence-electron chi connectivity index (χ1n) is 5.58. The predicted molar refractivity (Wildman–Crippen MR) is 72.9 cm³/mol. The Labute approximate surface area is 102 Å². The fraction of sp³-hybridized carbons (Fsp3) is 0.308. The molecule has 0 aromatic heterocycles. The molecule has 0 aliphatic rings. The van der Waals surface area contributed by atoms with Gasteiger partial charge in [-0.3, -0.25) is 0 Å². The van der Waals surface area contributed by atoms with E-state index in [1.165, 1.54) is 0 Å². The van der Waals surface area contributed by atoms with Gasteiger partial charge in [-0.05, 0) is 44.0 Å². The summed E-state index contributed by atoms with van der Waals surface area (Å²) >= 11 is 0. The average molecular weight is 232 g/mol. The van der Waals surface area contributed by atoms with Crippen LogP contribution in [0.1, 0.15) is 26.3 Å². The Bertz CT molecular complexity index is 418. The molecule has 4 nitrogen and oxygen atoms in total. The van der Waals surface area contributed by atoms with Crippen LogP contribution in [-0.4, -0.2) is 5.71 Å². The summed E-state index contributed by atoms with van der Waals surface area (Å²) in [4.78, 5) is 0. The van der Waals surface area contributed by atoms with E-state index in [1.54, 1.807) is 6.92 Å². The molecular formula is C13H20N4. The zero-order chi connectivity index (χ0) is 12.8. The van der Waals surface area contributed by atoms with E-state index in [9.17, 15) is 0 Å². The first kappa shape index (κ1) is 13.3. The molecule has 4 heteroatoms. The topological polar surface area (TPSA) is 73.9 Å². The zero-order valence-electron chi connectivity index (χ0n) is 10.6. The van der Waals surface area contributed by atoms with Crippen molar-refractivity contribution in [1.82, 2.24) is 5.43 Å². The van der Waals surface area contributed by atoms with Crippen LogP contribution in [0.5, 0.6) is 0 Å². The summed E-state index contributed by atoms with van der Waals surface area (Å²) in [7, 11) is 0. The molecule has 0 unspecified atom stereocenters. The van der Waals surface area contributed by atoms with Gasteiger partial charge >= 0.3 is 0 Å². The van der Waals surface area contributed by atoms with Gasteiger partial charge in [0.25, 0.3) is 0 Å². The fourth-order valence-electron chi connectivity index (χ4n) is 1.27. The first-order valence-corrected chi connectivity index (χ1v) is 5.58. The van der Waals surface area contributed by atoms with E-state index in [1.807, 2.05) is 38.1 Å². The van der Waals surface area contributed by atoms with Crippen LogP contribution in [-0.2, 0) is 6.54 Å². The second-order valence-electron chi connectivity index (χ2n) is 4.03. The summed E-state index contributed by atoms with van der Waals surface area (Å²) in [5.74, 6) is 0. The van der Waals surface area contributed by atoms with Gasteiger partial charge in [-0.25, -0.2) is 0 Å². The number of rotatable bonds is 5. The maximum absolute atomic E-state index is 7.53. The van der Waals surface area contributed by atoms with Crippen LogP contribution in [0.15, 0.2) is 35.5 Å². The van der Waals surface area contributed by atoms with Crippen molar-refractivity contribution >= 4 is 11.4 Å². The Morgan fingerprint density at radius 2 is 1.76 bits per heavy atom. The van der Waals surface area contributed by atoms with Crippen LogP contribution in [0.3, 0.4) is 0 Å². The van der Waals surface area contributed by atoms with Crippen molar-refractivity contribution in [2.24, 2.45) is 5.73 Å². The lowest BCUT2D eigenvalue weighted by Gasteiger charge is -2.12. The number of hydrazine groups is 1. The highest BCUT2D eigenvalue weighted by Crippen LogP contribution is 2.09. The van der Waals surface area contributed by atoms with Gasteiger partial charge in [0.15, 0.2) is 0 Å². The van der Waals surface area contributed by atoms with Crippen molar-refractivity contribution in [1.29, 1.82) is 5.41 Å². The maximum Gasteiger partial charge on any atom is 0.0539 e. The van der Waals surface area contributed by atoms with Crippen LogP contribution in [0, 0.1) is 5.41 Å². The van der Waals surface area contributed by atoms with Gasteiger partial charge in [-0.15, -0.1) is 0 Å². The Hall–Kier alpha value is -1.81. The van der Waals surface area contributed by atoms with E-state index in [4.69, 9.17) is 11.1 Å². The molecule has 0 saturated carbocycles. The molecule has 0 amide bonds. The lowest BCUT2D eigenvalue weighted by Crippen LogP contribution is -2.21. The minimum Gasteiger partial charge on any atom is -0.326 e. The van der Waals surface area contributed by atoms with Crippen LogP contribution in [0.25, 0.3) is 0 Å². The number of hydrogen-bond acceptors (Lipinski definition) is 4. The molecule has 0 spiro atoms. The van der Waals surface area contributed by atoms with E-state index in [0.717, 1.165) is 22.5 Å². The second-order valence-corrected chi connectivity index (χ2v) is 4.03. The number of anilines is 1. The normalized spacial score (nSPS) is 11.8. The van der Waals surface area contributed by atoms with Gasteiger partial charge < -0.3 is 22.0 Å². The molecule has 0 bridgehead atoms. The minimum absolute atomic E-state index is 0.554. The molecular weight excluding hydrogens is 212 g/mol. The summed E-state index contributed by atoms with van der Waals surface area (Å²) in [5.41, 5.74) is 16.2. The highest BCUT2D eigenvalue weighted by molar-refractivity contribution is 5.95. The molecule has 1 rings (SSSR count). The second kappa shape index (κ2) is 6.06. The molecule has 5 N–H and O–H groups in total. The van der Waals surface area contributed by atoms with Crippen molar-refractivity contribution in [3.63, 3.8) is 0 Å². The van der Waals surface area contributed by atoms with Gasteiger partial charge in [0.1, 0.15) is 0 Å². The van der Waals surface area contributed by atoms with Gasteiger partial charge in [0, 0.05) is 18.0 Å². The number of nitrogens with two attached hydrogens (primary N) is 1. The maximum atomic E-state index is 7.53. The van der Waals surface area contributed by atoms with Crippen molar-refractivity contribution in [3.05, 3.63) is 41.1 Å². The SMILES string of the molecule is CC(=N)C(C)=C(C)NNc1ccc(CN)cc1. The standard InChI is InChI=1S/C13H20N4/c1-9(10(2)15)11(3)16-17-13-6-4-12(8-14)5-7-13/h4-7,15-17H,8,14H2,1-3H3. The average Bonchev–Trinajstić information content (AvgIpc) is 2.35. The minimum atomic E-state index is 0.554. The third-order valence-corrected chi connectivity index (χ3v) is 2.71. The van der Waals surface area contributed by atoms with Gasteiger partial charge in [-0.2, -0.15) is 0 Å². The molecule has 1 aromatic rings. The highest BCUT2D eigenvalue weighted by atomic mass is 15.4. The number of hydrogen-bond donors (Lipinski definition) is 4. The number of allylic oxidation sites excluding steroid dienone is 2. The molecule has 0 atom stereocenters. The lowest BCUT2D eigenvalue weighted by atomic mass is 10.2. The quantitative estimate of drug-likeness (QED) is 0.465. The largest absolute Gasteiger partial charge is 0.326 e. The summed E-state index contributed by atoms with van der Waals surface area (Å²) in [5, 5.41) is 7.53. The summed E-state index contributed by atoms with van der Waals surface area (Å²) in [6, 6.07) is 7.90. The summed E-state index contributed by atoms with van der Waals surface area (Å²) in [6.07, 6.45) is 0. The van der Waals surface area contributed by atoms with Crippen molar-refractivity contribution in [2.45, 2.75) is 27.3 Å². The third kappa shape index (κ3) is 3.92. The van der Waals surface area contributed by atoms with Crippen LogP contribution in [0.4, 0.5) is 5.69 Å². The smallest absolute Gasteiger partial charge is 0.0539 e. The van der Waals surface area contributed by atoms with E-state index < -0.39 is 0 Å². The van der Waals surface area contributed by atoms with E-state index in [-0.39, 0.29) is 0 Å². The van der Waals surface area contributed by atoms with E-state index in [0.29, 0.717) is 12.3 Å². The van der Waals surface area contributed by atoms with E-state index >= 15 is 0 Å². The highest BCUT2D eigenvalue weighted by Gasteiger charge is 1.98. The van der Waals surface area contributed by atoms with Crippen molar-refractivity contribution < 1.29 is 0 Å². The lowest BCUT2D eigenvalue weighted by molar-refractivity contribution is 0.945. The molecule has 0 fully saturated rings. The third-order valence-electron chi connectivity index (χ3n) is 2.71. The molecule has 0 aliphatic carbocycles. The summed E-state index contributed by atoms with van der Waals surface area (Å²) in [6.45, 7) is 6.19. The van der Waals surface area contributed by atoms with E-state index in [2.05, 4.69) is 10.9 Å². The van der Waals surface area contributed by atoms with Gasteiger partial charge in [-0.1, -0.05) is 12.1 Å². The van der Waals surface area contributed by atoms with Gasteiger partial charge in [0.2, 0.25) is 0 Å². The molecule has 0 heterocycles. The van der Waals surface area contributed by atoms with Crippen LogP contribution in [0.2, 0.25) is 0 Å². The molecule has 0 aliphatic heterocycles. The Morgan fingerprint density at radius 1 is 1.18 bits per heavy atom. The molecule has 17 heavy (non-hydrogen) atoms. The van der Waals surface area contributed by atoms with Crippen molar-refractivity contribution in [3.8, 4) is 0 Å². The number of benzene rings is 1.